The number of hydrogen-bond donors (Lipinski definition) is 1. The van der Waals surface area contributed by atoms with Crippen LogP contribution in [0.25, 0.3) is 11.0 Å². The Balaban J connectivity index is 1.25. The summed E-state index contributed by atoms with van der Waals surface area (Å²) in [7, 11) is -3.35. The van der Waals surface area contributed by atoms with E-state index in [2.05, 4.69) is 10.3 Å². The number of furan rings is 1. The van der Waals surface area contributed by atoms with Gasteiger partial charge in [-0.3, -0.25) is 9.78 Å². The average Bonchev–Trinajstić information content (AvgIpc) is 3.27. The summed E-state index contributed by atoms with van der Waals surface area (Å²) in [5, 5.41) is 3.40. The number of fused-ring (bicyclic) bond motifs is 2. The molecule has 5 rings (SSSR count). The summed E-state index contributed by atoms with van der Waals surface area (Å²) in [5.74, 6) is 0.788. The molecule has 2 fully saturated rings. The molecule has 3 atom stereocenters. The number of carbonyl (C=O) groups excluding carboxylic acids is 1. The molecule has 2 saturated carbocycles. The third-order valence-corrected chi connectivity index (χ3v) is 9.47. The number of rotatable bonds is 5. The molecule has 32 heavy (non-hydrogen) atoms. The van der Waals surface area contributed by atoms with E-state index in [-0.39, 0.29) is 16.9 Å². The Morgan fingerprint density at radius 3 is 2.62 bits per heavy atom. The van der Waals surface area contributed by atoms with Crippen molar-refractivity contribution in [1.29, 1.82) is 0 Å². The van der Waals surface area contributed by atoms with E-state index in [4.69, 9.17) is 4.42 Å². The van der Waals surface area contributed by atoms with Crippen LogP contribution in [0, 0.1) is 11.8 Å². The van der Waals surface area contributed by atoms with Crippen LogP contribution in [0.5, 0.6) is 0 Å². The highest BCUT2D eigenvalue weighted by molar-refractivity contribution is 7.92. The monoisotopic (exact) mass is 452 g/mol. The van der Waals surface area contributed by atoms with Gasteiger partial charge in [-0.2, -0.15) is 0 Å². The lowest BCUT2D eigenvalue weighted by molar-refractivity contribution is 0.0925. The highest BCUT2D eigenvalue weighted by Gasteiger charge is 2.42. The topological polar surface area (TPSA) is 89.3 Å². The second kappa shape index (κ2) is 8.70. The number of nitrogens with zero attached hydrogens (tertiary/aromatic N) is 1. The van der Waals surface area contributed by atoms with Gasteiger partial charge in [-0.05, 0) is 54.5 Å². The fourth-order valence-corrected chi connectivity index (χ4v) is 7.66. The summed E-state index contributed by atoms with van der Waals surface area (Å²) < 4.78 is 32.3. The van der Waals surface area contributed by atoms with Gasteiger partial charge in [0, 0.05) is 18.1 Å². The standard InChI is InChI=1S/C25H28N2O4S/c28-25(22-14-19-12-13-26-16-23(19)31-22)27-15-17-8-10-20(11-9-17)32(29,30)24-7-3-5-18-4-1-2-6-21(18)24/h8-14,16,18,21,24H,1-7,15H2,(H,27,28). The average molecular weight is 453 g/mol. The molecule has 1 N–H and O–H groups in total. The largest absolute Gasteiger partial charge is 0.449 e. The summed E-state index contributed by atoms with van der Waals surface area (Å²) in [6.45, 7) is 0.294. The van der Waals surface area contributed by atoms with E-state index in [0.717, 1.165) is 36.6 Å². The molecule has 1 amide bonds. The maximum atomic E-state index is 13.4. The van der Waals surface area contributed by atoms with E-state index in [0.29, 0.717) is 28.9 Å². The lowest BCUT2D eigenvalue weighted by atomic mass is 9.71. The molecule has 0 radical (unpaired) electrons. The highest BCUT2D eigenvalue weighted by atomic mass is 32.2. The smallest absolute Gasteiger partial charge is 0.287 e. The van der Waals surface area contributed by atoms with Crippen molar-refractivity contribution in [3.8, 4) is 0 Å². The van der Waals surface area contributed by atoms with E-state index in [1.54, 1.807) is 48.8 Å². The van der Waals surface area contributed by atoms with Crippen molar-refractivity contribution < 1.29 is 17.6 Å². The second-order valence-corrected chi connectivity index (χ2v) is 11.2. The summed E-state index contributed by atoms with van der Waals surface area (Å²) in [4.78, 5) is 16.8. The van der Waals surface area contributed by atoms with Crippen LogP contribution in [0.4, 0.5) is 0 Å². The minimum absolute atomic E-state index is 0.228. The fraction of sp³-hybridized carbons (Fsp3) is 0.440. The molecule has 7 heteroatoms. The molecule has 168 valence electrons. The van der Waals surface area contributed by atoms with E-state index < -0.39 is 9.84 Å². The van der Waals surface area contributed by atoms with Crippen molar-refractivity contribution in [2.75, 3.05) is 0 Å². The normalized spacial score (nSPS) is 23.6. The molecule has 6 nitrogen and oxygen atoms in total. The Morgan fingerprint density at radius 1 is 1.03 bits per heavy atom. The molecular formula is C25H28N2O4S. The molecule has 0 spiro atoms. The van der Waals surface area contributed by atoms with Gasteiger partial charge in [0.25, 0.3) is 5.91 Å². The Hall–Kier alpha value is -2.67. The number of pyridine rings is 1. The number of nitrogens with one attached hydrogen (secondary N) is 1. The van der Waals surface area contributed by atoms with Crippen molar-refractivity contribution in [3.05, 3.63) is 60.1 Å². The maximum absolute atomic E-state index is 13.4. The number of amides is 1. The first-order valence-electron chi connectivity index (χ1n) is 11.5. The van der Waals surface area contributed by atoms with Crippen LogP contribution < -0.4 is 5.32 Å². The van der Waals surface area contributed by atoms with Crippen LogP contribution in [0.15, 0.2) is 58.1 Å². The Bertz CT molecular complexity index is 1180. The van der Waals surface area contributed by atoms with Gasteiger partial charge >= 0.3 is 0 Å². The summed E-state index contributed by atoms with van der Waals surface area (Å²) >= 11 is 0. The van der Waals surface area contributed by atoms with Crippen LogP contribution in [-0.4, -0.2) is 24.6 Å². The third kappa shape index (κ3) is 4.06. The number of aromatic nitrogens is 1. The second-order valence-electron chi connectivity index (χ2n) is 9.07. The van der Waals surface area contributed by atoms with Gasteiger partial charge in [0.1, 0.15) is 0 Å². The Morgan fingerprint density at radius 2 is 1.81 bits per heavy atom. The summed E-state index contributed by atoms with van der Waals surface area (Å²) in [5.41, 5.74) is 1.41. The predicted octanol–water partition coefficient (Wildman–Crippen LogP) is 4.89. The van der Waals surface area contributed by atoms with Crippen molar-refractivity contribution in [2.24, 2.45) is 11.8 Å². The van der Waals surface area contributed by atoms with Crippen LogP contribution in [0.3, 0.4) is 0 Å². The van der Waals surface area contributed by atoms with Crippen molar-refractivity contribution in [3.63, 3.8) is 0 Å². The van der Waals surface area contributed by atoms with Crippen LogP contribution in [0.1, 0.15) is 61.1 Å². The molecular weight excluding hydrogens is 424 g/mol. The number of carbonyl (C=O) groups is 1. The van der Waals surface area contributed by atoms with Gasteiger partial charge in [-0.15, -0.1) is 0 Å². The number of benzene rings is 1. The van der Waals surface area contributed by atoms with Gasteiger partial charge in [0.15, 0.2) is 21.2 Å². The number of sulfone groups is 1. The highest BCUT2D eigenvalue weighted by Crippen LogP contribution is 2.44. The van der Waals surface area contributed by atoms with Crippen molar-refractivity contribution in [1.82, 2.24) is 10.3 Å². The molecule has 2 aliphatic carbocycles. The molecule has 3 unspecified atom stereocenters. The van der Waals surface area contributed by atoms with Gasteiger partial charge in [0.05, 0.1) is 16.3 Å². The Kier molecular flexibility index (Phi) is 5.76. The maximum Gasteiger partial charge on any atom is 0.287 e. The molecule has 2 aliphatic rings. The van der Waals surface area contributed by atoms with Crippen LogP contribution >= 0.6 is 0 Å². The minimum atomic E-state index is -3.35. The molecule has 0 aliphatic heterocycles. The van der Waals surface area contributed by atoms with Crippen molar-refractivity contribution >= 4 is 26.7 Å². The zero-order valence-electron chi connectivity index (χ0n) is 18.0. The molecule has 3 aromatic rings. The zero-order chi connectivity index (χ0) is 22.1. The predicted molar refractivity (Wildman–Crippen MR) is 122 cm³/mol. The Labute approximate surface area is 188 Å². The van der Waals surface area contributed by atoms with E-state index in [1.807, 2.05) is 0 Å². The molecule has 0 bridgehead atoms. The molecule has 0 saturated heterocycles. The minimum Gasteiger partial charge on any atom is -0.449 e. The van der Waals surface area contributed by atoms with E-state index in [9.17, 15) is 13.2 Å². The first-order valence-corrected chi connectivity index (χ1v) is 13.0. The quantitative estimate of drug-likeness (QED) is 0.595. The van der Waals surface area contributed by atoms with Gasteiger partial charge in [-0.25, -0.2) is 8.42 Å². The SMILES string of the molecule is O=C(NCc1ccc(S(=O)(=O)C2CCCC3CCCCC32)cc1)c1cc2ccncc2o1. The summed E-state index contributed by atoms with van der Waals surface area (Å²) in [6, 6.07) is 10.4. The molecule has 1 aromatic carbocycles. The van der Waals surface area contributed by atoms with Crippen LogP contribution in [0.2, 0.25) is 0 Å². The van der Waals surface area contributed by atoms with E-state index >= 15 is 0 Å². The molecule has 2 heterocycles. The third-order valence-electron chi connectivity index (χ3n) is 7.16. The first kappa shape index (κ1) is 21.2. The van der Waals surface area contributed by atoms with Gasteiger partial charge in [0.2, 0.25) is 0 Å². The van der Waals surface area contributed by atoms with Crippen molar-refractivity contribution in [2.45, 2.75) is 61.6 Å². The first-order chi connectivity index (χ1) is 15.5. The van der Waals surface area contributed by atoms with Crippen LogP contribution in [-0.2, 0) is 16.4 Å². The number of hydrogen-bond acceptors (Lipinski definition) is 5. The van der Waals surface area contributed by atoms with Gasteiger partial charge < -0.3 is 9.73 Å². The zero-order valence-corrected chi connectivity index (χ0v) is 18.8. The van der Waals surface area contributed by atoms with Gasteiger partial charge in [-0.1, -0.05) is 44.2 Å². The lowest BCUT2D eigenvalue weighted by Gasteiger charge is -2.40. The van der Waals surface area contributed by atoms with E-state index in [1.165, 1.54) is 19.3 Å². The molecule has 2 aromatic heterocycles. The summed E-state index contributed by atoms with van der Waals surface area (Å²) in [6.07, 6.45) is 10.8. The fourth-order valence-electron chi connectivity index (χ4n) is 5.50. The lowest BCUT2D eigenvalue weighted by Crippen LogP contribution is -2.39.